The molecule has 1 aromatic rings. The van der Waals surface area contributed by atoms with Gasteiger partial charge in [0.15, 0.2) is 0 Å². The molecule has 0 unspecified atom stereocenters. The Bertz CT molecular complexity index is 631. The molecule has 1 rings (SSSR count). The van der Waals surface area contributed by atoms with Gasteiger partial charge in [-0.1, -0.05) is 6.07 Å². The lowest BCUT2D eigenvalue weighted by molar-refractivity contribution is 0.00170. The molecule has 0 saturated heterocycles. The molecule has 126 valence electrons. The Hall–Kier alpha value is -2.37. The zero-order valence-corrected chi connectivity index (χ0v) is 14.2. The van der Waals surface area contributed by atoms with E-state index in [1.165, 1.54) is 18.2 Å². The van der Waals surface area contributed by atoms with Crippen LogP contribution in [0.2, 0.25) is 0 Å². The van der Waals surface area contributed by atoms with Crippen molar-refractivity contribution in [2.75, 3.05) is 0 Å². The minimum atomic E-state index is -1.32. The molecule has 0 amide bonds. The van der Waals surface area contributed by atoms with E-state index in [0.717, 1.165) is 0 Å². The van der Waals surface area contributed by atoms with Crippen molar-refractivity contribution in [3.63, 3.8) is 0 Å². The average Bonchev–Trinajstić information content (AvgIpc) is 2.33. The fraction of sp³-hybridized carbons (Fsp3) is 0.471. The first kappa shape index (κ1) is 18.7. The molecule has 23 heavy (non-hydrogen) atoms. The van der Waals surface area contributed by atoms with E-state index in [2.05, 4.69) is 0 Å². The number of esters is 2. The standard InChI is InChI=1S/C17H22O6/c1-16(2,3)22-14(20)11-9-7-8-10(13(18)19)12(11)15(21)23-17(4,5)6/h7-9H,1-6H3,(H,18,19). The van der Waals surface area contributed by atoms with Gasteiger partial charge in [0.2, 0.25) is 0 Å². The summed E-state index contributed by atoms with van der Waals surface area (Å²) in [5.41, 5.74) is -2.34. The Kier molecular flexibility index (Phi) is 5.20. The number of carboxylic acids is 1. The lowest BCUT2D eigenvalue weighted by atomic mass is 10.00. The predicted molar refractivity (Wildman–Crippen MR) is 83.7 cm³/mol. The van der Waals surface area contributed by atoms with Crippen LogP contribution < -0.4 is 0 Å². The number of hydrogen-bond acceptors (Lipinski definition) is 5. The van der Waals surface area contributed by atoms with Crippen molar-refractivity contribution in [2.24, 2.45) is 0 Å². The normalized spacial score (nSPS) is 11.7. The highest BCUT2D eigenvalue weighted by Gasteiger charge is 2.30. The molecule has 6 heteroatoms. The SMILES string of the molecule is CC(C)(C)OC(=O)c1cccc(C(=O)O)c1C(=O)OC(C)(C)C. The smallest absolute Gasteiger partial charge is 0.340 e. The maximum atomic E-state index is 12.4. The molecular formula is C17H22O6. The van der Waals surface area contributed by atoms with Crippen molar-refractivity contribution in [3.05, 3.63) is 34.9 Å². The molecule has 1 aromatic carbocycles. The summed E-state index contributed by atoms with van der Waals surface area (Å²) in [6.07, 6.45) is 0. The average molecular weight is 322 g/mol. The van der Waals surface area contributed by atoms with Crippen LogP contribution in [0, 0.1) is 0 Å². The molecule has 0 aliphatic rings. The molecule has 1 N–H and O–H groups in total. The molecular weight excluding hydrogens is 300 g/mol. The summed E-state index contributed by atoms with van der Waals surface area (Å²) < 4.78 is 10.5. The Balaban J connectivity index is 3.42. The highest BCUT2D eigenvalue weighted by atomic mass is 16.6. The molecule has 0 radical (unpaired) electrons. The lowest BCUT2D eigenvalue weighted by Gasteiger charge is -2.23. The second-order valence-electron chi connectivity index (χ2n) is 7.04. The van der Waals surface area contributed by atoms with Crippen LogP contribution in [-0.4, -0.2) is 34.2 Å². The quantitative estimate of drug-likeness (QED) is 0.859. The molecule has 0 aromatic heterocycles. The van der Waals surface area contributed by atoms with Crippen LogP contribution >= 0.6 is 0 Å². The topological polar surface area (TPSA) is 89.9 Å². The van der Waals surface area contributed by atoms with Gasteiger partial charge >= 0.3 is 17.9 Å². The monoisotopic (exact) mass is 322 g/mol. The van der Waals surface area contributed by atoms with E-state index >= 15 is 0 Å². The summed E-state index contributed by atoms with van der Waals surface area (Å²) in [6.45, 7) is 10.0. The Morgan fingerprint density at radius 2 is 1.26 bits per heavy atom. The van der Waals surface area contributed by atoms with Gasteiger partial charge in [-0.2, -0.15) is 0 Å². The van der Waals surface area contributed by atoms with Crippen LogP contribution in [0.25, 0.3) is 0 Å². The largest absolute Gasteiger partial charge is 0.478 e. The summed E-state index contributed by atoms with van der Waals surface area (Å²) in [7, 11) is 0. The molecule has 6 nitrogen and oxygen atoms in total. The first-order valence-corrected chi connectivity index (χ1v) is 7.15. The van der Waals surface area contributed by atoms with E-state index in [1.54, 1.807) is 41.5 Å². The molecule has 0 atom stereocenters. The number of carbonyl (C=O) groups excluding carboxylic acids is 2. The van der Waals surface area contributed by atoms with E-state index in [9.17, 15) is 19.5 Å². The summed E-state index contributed by atoms with van der Waals surface area (Å²) >= 11 is 0. The molecule has 0 fully saturated rings. The fourth-order valence-corrected chi connectivity index (χ4v) is 1.78. The van der Waals surface area contributed by atoms with Crippen LogP contribution in [0.3, 0.4) is 0 Å². The Morgan fingerprint density at radius 3 is 1.70 bits per heavy atom. The van der Waals surface area contributed by atoms with Crippen LogP contribution in [-0.2, 0) is 9.47 Å². The van der Waals surface area contributed by atoms with Gasteiger partial charge in [0.1, 0.15) is 11.2 Å². The van der Waals surface area contributed by atoms with E-state index < -0.39 is 29.1 Å². The summed E-state index contributed by atoms with van der Waals surface area (Å²) in [6, 6.07) is 3.98. The van der Waals surface area contributed by atoms with Gasteiger partial charge in [-0.25, -0.2) is 14.4 Å². The zero-order chi connectivity index (χ0) is 18.0. The van der Waals surface area contributed by atoms with Crippen molar-refractivity contribution in [2.45, 2.75) is 52.7 Å². The number of hydrogen-bond donors (Lipinski definition) is 1. The van der Waals surface area contributed by atoms with Crippen LogP contribution in [0.4, 0.5) is 0 Å². The number of rotatable bonds is 3. The number of carboxylic acid groups (broad SMARTS) is 1. The van der Waals surface area contributed by atoms with Crippen molar-refractivity contribution in [1.82, 2.24) is 0 Å². The summed E-state index contributed by atoms with van der Waals surface area (Å²) in [4.78, 5) is 36.1. The van der Waals surface area contributed by atoms with Gasteiger partial charge in [0.25, 0.3) is 0 Å². The minimum Gasteiger partial charge on any atom is -0.478 e. The van der Waals surface area contributed by atoms with Crippen LogP contribution in [0.1, 0.15) is 72.6 Å². The molecule has 0 aliphatic heterocycles. The van der Waals surface area contributed by atoms with Gasteiger partial charge in [-0.15, -0.1) is 0 Å². The Labute approximate surface area is 135 Å². The molecule has 0 spiro atoms. The first-order chi connectivity index (χ1) is 10.3. The van der Waals surface area contributed by atoms with Crippen LogP contribution in [0.5, 0.6) is 0 Å². The third-order valence-electron chi connectivity index (χ3n) is 2.52. The van der Waals surface area contributed by atoms with E-state index in [1.807, 2.05) is 0 Å². The minimum absolute atomic E-state index is 0.130. The maximum absolute atomic E-state index is 12.4. The molecule has 0 bridgehead atoms. The third-order valence-corrected chi connectivity index (χ3v) is 2.52. The molecule has 0 saturated carbocycles. The van der Waals surface area contributed by atoms with Gasteiger partial charge in [-0.3, -0.25) is 0 Å². The number of aromatic carboxylic acids is 1. The molecule has 0 aliphatic carbocycles. The lowest BCUT2D eigenvalue weighted by Crippen LogP contribution is -2.29. The van der Waals surface area contributed by atoms with Gasteiger partial charge in [-0.05, 0) is 53.7 Å². The number of carbonyl (C=O) groups is 3. The number of ether oxygens (including phenoxy) is 2. The van der Waals surface area contributed by atoms with E-state index in [4.69, 9.17) is 9.47 Å². The fourth-order valence-electron chi connectivity index (χ4n) is 1.78. The van der Waals surface area contributed by atoms with Crippen molar-refractivity contribution >= 4 is 17.9 Å². The van der Waals surface area contributed by atoms with Gasteiger partial charge in [0.05, 0.1) is 16.7 Å². The predicted octanol–water partition coefficient (Wildman–Crippen LogP) is 3.30. The number of benzene rings is 1. The summed E-state index contributed by atoms with van der Waals surface area (Å²) in [5, 5.41) is 9.29. The highest BCUT2D eigenvalue weighted by Crippen LogP contribution is 2.22. The van der Waals surface area contributed by atoms with E-state index in [-0.39, 0.29) is 16.7 Å². The second-order valence-corrected chi connectivity index (χ2v) is 7.04. The Morgan fingerprint density at radius 1 is 0.826 bits per heavy atom. The second kappa shape index (κ2) is 6.40. The van der Waals surface area contributed by atoms with Gasteiger partial charge < -0.3 is 14.6 Å². The third kappa shape index (κ3) is 5.39. The zero-order valence-electron chi connectivity index (χ0n) is 14.2. The van der Waals surface area contributed by atoms with Crippen molar-refractivity contribution < 1.29 is 29.0 Å². The molecule has 0 heterocycles. The van der Waals surface area contributed by atoms with Crippen molar-refractivity contribution in [1.29, 1.82) is 0 Å². The summed E-state index contributed by atoms with van der Waals surface area (Å²) in [5.74, 6) is -2.98. The van der Waals surface area contributed by atoms with Gasteiger partial charge in [0, 0.05) is 0 Å². The maximum Gasteiger partial charge on any atom is 0.340 e. The highest BCUT2D eigenvalue weighted by molar-refractivity contribution is 6.10. The first-order valence-electron chi connectivity index (χ1n) is 7.15. The van der Waals surface area contributed by atoms with E-state index in [0.29, 0.717) is 0 Å². The van der Waals surface area contributed by atoms with Crippen molar-refractivity contribution in [3.8, 4) is 0 Å². The van der Waals surface area contributed by atoms with Crippen LogP contribution in [0.15, 0.2) is 18.2 Å².